The number of hydrogen-bond donors (Lipinski definition) is 1. The topological polar surface area (TPSA) is 95.2 Å². The van der Waals surface area contributed by atoms with E-state index in [4.69, 9.17) is 4.74 Å². The summed E-state index contributed by atoms with van der Waals surface area (Å²) < 4.78 is 8.01. The summed E-state index contributed by atoms with van der Waals surface area (Å²) in [4.78, 5) is 40.8. The van der Waals surface area contributed by atoms with E-state index in [1.54, 1.807) is 0 Å². The molecule has 29 heavy (non-hydrogen) atoms. The second-order valence-corrected chi connectivity index (χ2v) is 6.98. The lowest BCUT2D eigenvalue weighted by molar-refractivity contribution is -0.118. The number of nitrogens with one attached hydrogen (secondary N) is 1. The maximum atomic E-state index is 12.4. The standard InChI is InChI=1S/C21H24N4O4/c1-5-13(2)15-8-6-7-9-17(15)29-12-18(26)23-14-10-16-19(22-11-14)24(3)21(28)25(4)20(16)27/h6-11,13H,5,12H2,1-4H3,(H,23,26). The highest BCUT2D eigenvalue weighted by molar-refractivity contribution is 5.93. The quantitative estimate of drug-likeness (QED) is 0.689. The molecular weight excluding hydrogens is 372 g/mol. The number of para-hydroxylation sites is 1. The van der Waals surface area contributed by atoms with Crippen LogP contribution >= 0.6 is 0 Å². The van der Waals surface area contributed by atoms with Gasteiger partial charge in [0, 0.05) is 14.1 Å². The number of carbonyl (C=O) groups is 1. The zero-order valence-electron chi connectivity index (χ0n) is 16.9. The summed E-state index contributed by atoms with van der Waals surface area (Å²) in [6, 6.07) is 9.16. The number of amides is 1. The number of carbonyl (C=O) groups excluding carboxylic acids is 1. The second-order valence-electron chi connectivity index (χ2n) is 6.98. The predicted octanol–water partition coefficient (Wildman–Crippen LogP) is 2.16. The molecule has 8 heteroatoms. The van der Waals surface area contributed by atoms with E-state index in [2.05, 4.69) is 24.1 Å². The monoisotopic (exact) mass is 396 g/mol. The number of ether oxygens (including phenoxy) is 1. The van der Waals surface area contributed by atoms with Crippen molar-refractivity contribution in [3.05, 3.63) is 62.9 Å². The Hall–Kier alpha value is -3.42. The second kappa shape index (κ2) is 8.30. The molecule has 0 fully saturated rings. The zero-order valence-corrected chi connectivity index (χ0v) is 16.9. The molecule has 1 N–H and O–H groups in total. The van der Waals surface area contributed by atoms with E-state index in [-0.39, 0.29) is 23.5 Å². The minimum Gasteiger partial charge on any atom is -0.483 e. The van der Waals surface area contributed by atoms with Crippen LogP contribution in [-0.4, -0.2) is 26.6 Å². The van der Waals surface area contributed by atoms with Gasteiger partial charge in [0.15, 0.2) is 6.61 Å². The lowest BCUT2D eigenvalue weighted by Crippen LogP contribution is -2.37. The van der Waals surface area contributed by atoms with E-state index in [0.717, 1.165) is 16.6 Å². The van der Waals surface area contributed by atoms with E-state index in [1.807, 2.05) is 24.3 Å². The van der Waals surface area contributed by atoms with Gasteiger partial charge in [0.1, 0.15) is 11.4 Å². The molecule has 0 bridgehead atoms. The Balaban J connectivity index is 1.78. The molecule has 152 valence electrons. The molecule has 0 saturated carbocycles. The maximum Gasteiger partial charge on any atom is 0.332 e. The molecule has 0 aliphatic carbocycles. The van der Waals surface area contributed by atoms with Crippen molar-refractivity contribution in [3.63, 3.8) is 0 Å². The van der Waals surface area contributed by atoms with Crippen LogP contribution in [0.25, 0.3) is 11.0 Å². The van der Waals surface area contributed by atoms with Crippen LogP contribution in [0.15, 0.2) is 46.1 Å². The van der Waals surface area contributed by atoms with Gasteiger partial charge in [-0.1, -0.05) is 32.0 Å². The van der Waals surface area contributed by atoms with Gasteiger partial charge in [0.2, 0.25) is 0 Å². The molecule has 2 heterocycles. The highest BCUT2D eigenvalue weighted by Crippen LogP contribution is 2.28. The Bertz CT molecular complexity index is 1180. The number of nitrogens with zero attached hydrogens (tertiary/aromatic N) is 3. The highest BCUT2D eigenvalue weighted by Gasteiger charge is 2.13. The molecule has 3 aromatic rings. The van der Waals surface area contributed by atoms with Crippen molar-refractivity contribution in [2.45, 2.75) is 26.2 Å². The average Bonchev–Trinajstić information content (AvgIpc) is 2.74. The number of pyridine rings is 1. The Morgan fingerprint density at radius 2 is 1.93 bits per heavy atom. The van der Waals surface area contributed by atoms with Crippen molar-refractivity contribution >= 4 is 22.6 Å². The number of fused-ring (bicyclic) bond motifs is 1. The zero-order chi connectivity index (χ0) is 21.1. The SMILES string of the molecule is CCC(C)c1ccccc1OCC(=O)Nc1cnc2c(c1)c(=O)n(C)c(=O)n2C. The van der Waals surface area contributed by atoms with Crippen LogP contribution in [-0.2, 0) is 18.9 Å². The molecule has 2 aromatic heterocycles. The largest absolute Gasteiger partial charge is 0.483 e. The van der Waals surface area contributed by atoms with Gasteiger partial charge in [-0.25, -0.2) is 9.78 Å². The van der Waals surface area contributed by atoms with Crippen molar-refractivity contribution in [3.8, 4) is 5.75 Å². The fourth-order valence-electron chi connectivity index (χ4n) is 3.11. The number of aryl methyl sites for hydroxylation is 1. The predicted molar refractivity (Wildman–Crippen MR) is 111 cm³/mol. The third kappa shape index (κ3) is 4.06. The van der Waals surface area contributed by atoms with E-state index in [0.29, 0.717) is 17.4 Å². The van der Waals surface area contributed by atoms with Crippen LogP contribution < -0.4 is 21.3 Å². The summed E-state index contributed by atoms with van der Waals surface area (Å²) in [6.07, 6.45) is 2.37. The first-order valence-electron chi connectivity index (χ1n) is 9.40. The Morgan fingerprint density at radius 1 is 1.21 bits per heavy atom. The van der Waals surface area contributed by atoms with E-state index >= 15 is 0 Å². The van der Waals surface area contributed by atoms with Crippen LogP contribution in [0.3, 0.4) is 0 Å². The summed E-state index contributed by atoms with van der Waals surface area (Å²) in [5, 5.41) is 2.93. The summed E-state index contributed by atoms with van der Waals surface area (Å²) in [7, 11) is 2.94. The Morgan fingerprint density at radius 3 is 2.66 bits per heavy atom. The molecule has 0 radical (unpaired) electrons. The molecule has 1 amide bonds. The summed E-state index contributed by atoms with van der Waals surface area (Å²) in [5.41, 5.74) is 0.747. The fourth-order valence-corrected chi connectivity index (χ4v) is 3.11. The van der Waals surface area contributed by atoms with Crippen LogP contribution in [0.5, 0.6) is 5.75 Å². The van der Waals surface area contributed by atoms with Crippen LogP contribution in [0.4, 0.5) is 5.69 Å². The first-order chi connectivity index (χ1) is 13.8. The lowest BCUT2D eigenvalue weighted by Gasteiger charge is -2.15. The average molecular weight is 396 g/mol. The van der Waals surface area contributed by atoms with E-state index < -0.39 is 11.2 Å². The Labute approximate surface area is 167 Å². The molecule has 1 atom stereocenters. The minimum absolute atomic E-state index is 0.170. The first-order valence-corrected chi connectivity index (χ1v) is 9.40. The van der Waals surface area contributed by atoms with Crippen LogP contribution in [0.1, 0.15) is 31.7 Å². The van der Waals surface area contributed by atoms with Crippen molar-refractivity contribution in [2.75, 3.05) is 11.9 Å². The Kier molecular flexibility index (Phi) is 5.81. The third-order valence-corrected chi connectivity index (χ3v) is 5.00. The molecule has 0 saturated heterocycles. The molecule has 0 spiro atoms. The molecule has 1 aromatic carbocycles. The van der Waals surface area contributed by atoms with Crippen molar-refractivity contribution < 1.29 is 9.53 Å². The summed E-state index contributed by atoms with van der Waals surface area (Å²) in [5.74, 6) is 0.631. The minimum atomic E-state index is -0.467. The summed E-state index contributed by atoms with van der Waals surface area (Å²) >= 11 is 0. The summed E-state index contributed by atoms with van der Waals surface area (Å²) in [6.45, 7) is 4.04. The van der Waals surface area contributed by atoms with Gasteiger partial charge in [-0.2, -0.15) is 0 Å². The normalized spacial score (nSPS) is 12.0. The number of rotatable bonds is 6. The molecule has 0 aliphatic rings. The van der Waals surface area contributed by atoms with Gasteiger partial charge in [-0.15, -0.1) is 0 Å². The number of benzene rings is 1. The number of anilines is 1. The maximum absolute atomic E-state index is 12.4. The van der Waals surface area contributed by atoms with Crippen molar-refractivity contribution in [2.24, 2.45) is 14.1 Å². The van der Waals surface area contributed by atoms with Gasteiger partial charge in [0.25, 0.3) is 11.5 Å². The number of hydrogen-bond acceptors (Lipinski definition) is 5. The molecule has 1 unspecified atom stereocenters. The van der Waals surface area contributed by atoms with Gasteiger partial charge < -0.3 is 10.1 Å². The fraction of sp³-hybridized carbons (Fsp3) is 0.333. The van der Waals surface area contributed by atoms with Crippen molar-refractivity contribution in [1.82, 2.24) is 14.1 Å². The van der Waals surface area contributed by atoms with Gasteiger partial charge in [-0.3, -0.25) is 18.7 Å². The smallest absolute Gasteiger partial charge is 0.332 e. The molecule has 0 aliphatic heterocycles. The lowest BCUT2D eigenvalue weighted by atomic mass is 9.98. The third-order valence-electron chi connectivity index (χ3n) is 5.00. The van der Waals surface area contributed by atoms with Crippen LogP contribution in [0.2, 0.25) is 0 Å². The first kappa shape index (κ1) is 20.3. The number of aromatic nitrogens is 3. The van der Waals surface area contributed by atoms with Gasteiger partial charge in [0.05, 0.1) is 17.3 Å². The van der Waals surface area contributed by atoms with Crippen molar-refractivity contribution in [1.29, 1.82) is 0 Å². The highest BCUT2D eigenvalue weighted by atomic mass is 16.5. The molecule has 3 rings (SSSR count). The van der Waals surface area contributed by atoms with Gasteiger partial charge in [-0.05, 0) is 30.0 Å². The molecule has 8 nitrogen and oxygen atoms in total. The van der Waals surface area contributed by atoms with E-state index in [1.165, 1.54) is 30.9 Å². The molecular formula is C21H24N4O4. The van der Waals surface area contributed by atoms with E-state index in [9.17, 15) is 14.4 Å². The van der Waals surface area contributed by atoms with Gasteiger partial charge >= 0.3 is 5.69 Å². The van der Waals surface area contributed by atoms with Crippen LogP contribution in [0, 0.1) is 0 Å².